The fourth-order valence-electron chi connectivity index (χ4n) is 6.93. The van der Waals surface area contributed by atoms with Crippen molar-refractivity contribution in [3.8, 4) is 0 Å². The van der Waals surface area contributed by atoms with E-state index in [1.807, 2.05) is 0 Å². The SMILES string of the molecule is CCCCCCCC1CCC(C23CCC(CCCC)(CC2)CC3)CC1. The van der Waals surface area contributed by atoms with E-state index in [0.717, 1.165) is 22.7 Å². The lowest BCUT2D eigenvalue weighted by molar-refractivity contribution is -0.0653. The molecule has 0 aliphatic heterocycles. The van der Waals surface area contributed by atoms with E-state index in [9.17, 15) is 0 Å². The first-order valence-electron chi connectivity index (χ1n) is 12.2. The summed E-state index contributed by atoms with van der Waals surface area (Å²) in [4.78, 5) is 0. The van der Waals surface area contributed by atoms with E-state index in [1.165, 1.54) is 44.9 Å². The van der Waals surface area contributed by atoms with Gasteiger partial charge in [0, 0.05) is 0 Å². The van der Waals surface area contributed by atoms with E-state index >= 15 is 0 Å². The average Bonchev–Trinajstić information content (AvgIpc) is 2.68. The highest BCUT2D eigenvalue weighted by Gasteiger charge is 2.51. The van der Waals surface area contributed by atoms with E-state index in [-0.39, 0.29) is 0 Å². The van der Waals surface area contributed by atoms with Gasteiger partial charge in [0.25, 0.3) is 0 Å². The fraction of sp³-hybridized carbons (Fsp3) is 1.00. The number of hydrogen-bond acceptors (Lipinski definition) is 0. The number of rotatable bonds is 10. The molecule has 4 aliphatic rings. The first-order valence-corrected chi connectivity index (χ1v) is 12.2. The molecule has 4 saturated carbocycles. The van der Waals surface area contributed by atoms with Crippen LogP contribution in [-0.2, 0) is 0 Å². The second-order valence-electron chi connectivity index (χ2n) is 10.4. The minimum Gasteiger partial charge on any atom is -0.0654 e. The van der Waals surface area contributed by atoms with Crippen LogP contribution in [0, 0.1) is 22.7 Å². The molecule has 25 heavy (non-hydrogen) atoms. The van der Waals surface area contributed by atoms with Crippen molar-refractivity contribution in [2.45, 2.75) is 136 Å². The molecule has 0 unspecified atom stereocenters. The minimum atomic E-state index is 0.799. The van der Waals surface area contributed by atoms with Gasteiger partial charge < -0.3 is 0 Å². The third-order valence-corrected chi connectivity index (χ3v) is 8.95. The third-order valence-electron chi connectivity index (χ3n) is 8.95. The first kappa shape index (κ1) is 19.8. The first-order chi connectivity index (χ1) is 12.2. The highest BCUT2D eigenvalue weighted by molar-refractivity contribution is 5.02. The highest BCUT2D eigenvalue weighted by Crippen LogP contribution is 2.63. The second kappa shape index (κ2) is 9.27. The van der Waals surface area contributed by atoms with Crippen molar-refractivity contribution in [2.75, 3.05) is 0 Å². The Kier molecular flexibility index (Phi) is 7.33. The van der Waals surface area contributed by atoms with Crippen LogP contribution in [0.2, 0.25) is 0 Å². The minimum absolute atomic E-state index is 0.799. The molecule has 0 nitrogen and oxygen atoms in total. The summed E-state index contributed by atoms with van der Waals surface area (Å²) in [6, 6.07) is 0. The molecule has 4 rings (SSSR count). The Bertz CT molecular complexity index is 349. The topological polar surface area (TPSA) is 0 Å². The Labute approximate surface area is 158 Å². The Balaban J connectivity index is 1.39. The van der Waals surface area contributed by atoms with E-state index in [2.05, 4.69) is 13.8 Å². The Hall–Kier alpha value is 0. The van der Waals surface area contributed by atoms with Crippen LogP contribution >= 0.6 is 0 Å². The summed E-state index contributed by atoms with van der Waals surface area (Å²) in [5.41, 5.74) is 1.60. The summed E-state index contributed by atoms with van der Waals surface area (Å²) < 4.78 is 0. The molecule has 146 valence electrons. The molecule has 4 aliphatic carbocycles. The van der Waals surface area contributed by atoms with Crippen molar-refractivity contribution in [2.24, 2.45) is 22.7 Å². The molecular weight excluding hydrogens is 300 g/mol. The molecule has 0 amide bonds. The van der Waals surface area contributed by atoms with Gasteiger partial charge in [-0.05, 0) is 80.5 Å². The molecule has 0 aromatic rings. The molecule has 0 heteroatoms. The van der Waals surface area contributed by atoms with Crippen LogP contribution in [0.15, 0.2) is 0 Å². The van der Waals surface area contributed by atoms with Crippen LogP contribution in [0.25, 0.3) is 0 Å². The summed E-state index contributed by atoms with van der Waals surface area (Å²) in [5, 5.41) is 0. The van der Waals surface area contributed by atoms with E-state index in [4.69, 9.17) is 0 Å². The summed E-state index contributed by atoms with van der Waals surface area (Å²) >= 11 is 0. The molecule has 0 aromatic carbocycles. The lowest BCUT2D eigenvalue weighted by Gasteiger charge is -2.58. The quantitative estimate of drug-likeness (QED) is 0.347. The maximum atomic E-state index is 2.37. The van der Waals surface area contributed by atoms with Gasteiger partial charge >= 0.3 is 0 Å². The molecule has 0 spiro atoms. The summed E-state index contributed by atoms with van der Waals surface area (Å²) in [5.74, 6) is 2.19. The monoisotopic (exact) mass is 346 g/mol. The number of unbranched alkanes of at least 4 members (excludes halogenated alkanes) is 5. The van der Waals surface area contributed by atoms with Gasteiger partial charge in [0.2, 0.25) is 0 Å². The molecule has 0 heterocycles. The van der Waals surface area contributed by atoms with Crippen LogP contribution < -0.4 is 0 Å². The fourth-order valence-corrected chi connectivity index (χ4v) is 6.93. The maximum absolute atomic E-state index is 2.37. The van der Waals surface area contributed by atoms with Crippen LogP contribution in [0.5, 0.6) is 0 Å². The normalized spacial score (nSPS) is 38.2. The highest BCUT2D eigenvalue weighted by atomic mass is 14.6. The van der Waals surface area contributed by atoms with Crippen LogP contribution in [-0.4, -0.2) is 0 Å². The Morgan fingerprint density at radius 2 is 1.24 bits per heavy atom. The smallest absolute Gasteiger partial charge is 0.0269 e. The van der Waals surface area contributed by atoms with Gasteiger partial charge in [0.1, 0.15) is 0 Å². The van der Waals surface area contributed by atoms with Gasteiger partial charge in [-0.15, -0.1) is 0 Å². The zero-order valence-corrected chi connectivity index (χ0v) is 17.6. The predicted octanol–water partition coefficient (Wildman–Crippen LogP) is 8.68. The van der Waals surface area contributed by atoms with Crippen molar-refractivity contribution in [3.63, 3.8) is 0 Å². The molecule has 0 aromatic heterocycles. The number of fused-ring (bicyclic) bond motifs is 3. The van der Waals surface area contributed by atoms with Crippen LogP contribution in [0.4, 0.5) is 0 Å². The van der Waals surface area contributed by atoms with Gasteiger partial charge in [-0.2, -0.15) is 0 Å². The van der Waals surface area contributed by atoms with Crippen molar-refractivity contribution in [1.82, 2.24) is 0 Å². The largest absolute Gasteiger partial charge is 0.0654 e. The zero-order chi connectivity index (χ0) is 17.6. The van der Waals surface area contributed by atoms with Crippen LogP contribution in [0.1, 0.15) is 136 Å². The van der Waals surface area contributed by atoms with Gasteiger partial charge in [-0.1, -0.05) is 78.1 Å². The van der Waals surface area contributed by atoms with Crippen LogP contribution in [0.3, 0.4) is 0 Å². The lowest BCUT2D eigenvalue weighted by Crippen LogP contribution is -2.46. The summed E-state index contributed by atoms with van der Waals surface area (Å²) in [7, 11) is 0. The van der Waals surface area contributed by atoms with Gasteiger partial charge in [0.15, 0.2) is 0 Å². The second-order valence-corrected chi connectivity index (χ2v) is 10.4. The number of hydrogen-bond donors (Lipinski definition) is 0. The zero-order valence-electron chi connectivity index (χ0n) is 17.6. The Morgan fingerprint density at radius 1 is 0.640 bits per heavy atom. The Morgan fingerprint density at radius 3 is 1.84 bits per heavy atom. The van der Waals surface area contributed by atoms with Crippen molar-refractivity contribution >= 4 is 0 Å². The van der Waals surface area contributed by atoms with Gasteiger partial charge in [-0.3, -0.25) is 0 Å². The van der Waals surface area contributed by atoms with Crippen molar-refractivity contribution < 1.29 is 0 Å². The van der Waals surface area contributed by atoms with E-state index in [0.29, 0.717) is 0 Å². The third kappa shape index (κ3) is 4.84. The van der Waals surface area contributed by atoms with Gasteiger partial charge in [-0.25, -0.2) is 0 Å². The molecule has 0 N–H and O–H groups in total. The molecular formula is C25H46. The molecule has 0 saturated heterocycles. The molecule has 2 bridgehead atoms. The lowest BCUT2D eigenvalue weighted by atomic mass is 9.47. The maximum Gasteiger partial charge on any atom is -0.0269 e. The summed E-state index contributed by atoms with van der Waals surface area (Å²) in [6.07, 6.45) is 29.2. The molecule has 0 radical (unpaired) electrons. The van der Waals surface area contributed by atoms with Gasteiger partial charge in [0.05, 0.1) is 0 Å². The summed E-state index contributed by atoms with van der Waals surface area (Å²) in [6.45, 7) is 4.69. The molecule has 0 atom stereocenters. The predicted molar refractivity (Wildman–Crippen MR) is 111 cm³/mol. The van der Waals surface area contributed by atoms with E-state index in [1.54, 1.807) is 77.0 Å². The van der Waals surface area contributed by atoms with Crippen molar-refractivity contribution in [1.29, 1.82) is 0 Å². The molecule has 4 fully saturated rings. The van der Waals surface area contributed by atoms with E-state index < -0.39 is 0 Å². The average molecular weight is 347 g/mol. The van der Waals surface area contributed by atoms with Crippen molar-refractivity contribution in [3.05, 3.63) is 0 Å². The standard InChI is InChI=1S/C25H46/c1-3-5-7-8-9-10-22-11-13-23(14-12-22)25-19-16-24(17-20-25,18-21-25)15-6-4-2/h22-23H,3-21H2,1-2H3.